The van der Waals surface area contributed by atoms with Crippen molar-refractivity contribution in [1.82, 2.24) is 10.3 Å². The molecule has 1 unspecified atom stereocenters. The minimum absolute atomic E-state index is 0.464. The van der Waals surface area contributed by atoms with Crippen molar-refractivity contribution >= 4 is 17.2 Å². The van der Waals surface area contributed by atoms with Crippen LogP contribution in [0.1, 0.15) is 41.1 Å². The van der Waals surface area contributed by atoms with E-state index >= 15 is 0 Å². The van der Waals surface area contributed by atoms with E-state index in [4.69, 9.17) is 4.74 Å². The second-order valence-corrected chi connectivity index (χ2v) is 7.16. The fourth-order valence-corrected chi connectivity index (χ4v) is 3.10. The fraction of sp³-hybridized carbons (Fsp3) is 0.412. The Labute approximate surface area is 140 Å². The molecule has 0 aliphatic heterocycles. The number of aromatic nitrogens is 1. The molecule has 0 radical (unpaired) electrons. The van der Waals surface area contributed by atoms with E-state index < -0.39 is 17.6 Å². The van der Waals surface area contributed by atoms with E-state index in [1.165, 1.54) is 0 Å². The largest absolute Gasteiger partial charge is 0.497 e. The van der Waals surface area contributed by atoms with E-state index in [0.717, 1.165) is 15.6 Å². The van der Waals surface area contributed by atoms with E-state index in [1.807, 2.05) is 27.7 Å². The van der Waals surface area contributed by atoms with Crippen LogP contribution >= 0.6 is 11.3 Å². The zero-order valence-electron chi connectivity index (χ0n) is 14.0. The molecule has 0 spiro atoms. The van der Waals surface area contributed by atoms with Crippen molar-refractivity contribution in [3.05, 3.63) is 45.4 Å². The Morgan fingerprint density at radius 3 is 2.65 bits per heavy atom. The Hall–Kier alpha value is -1.92. The van der Waals surface area contributed by atoms with Crippen LogP contribution in [0.4, 0.5) is 0 Å². The third-order valence-electron chi connectivity index (χ3n) is 3.66. The molecule has 0 fully saturated rings. The lowest BCUT2D eigenvalue weighted by atomic mass is 10.0. The number of aliphatic hydroxyl groups excluding tert-OH is 1. The van der Waals surface area contributed by atoms with Crippen LogP contribution in [0, 0.1) is 13.8 Å². The highest BCUT2D eigenvalue weighted by atomic mass is 32.1. The Bertz CT molecular complexity index is 690. The molecular formula is C17H22N2O3S. The van der Waals surface area contributed by atoms with Crippen molar-refractivity contribution in [3.8, 4) is 5.75 Å². The van der Waals surface area contributed by atoms with Crippen LogP contribution < -0.4 is 10.1 Å². The molecule has 1 atom stereocenters. The molecule has 23 heavy (non-hydrogen) atoms. The normalized spacial score (nSPS) is 12.8. The van der Waals surface area contributed by atoms with Gasteiger partial charge in [0.25, 0.3) is 5.91 Å². The number of ether oxygens (including phenoxy) is 1. The van der Waals surface area contributed by atoms with E-state index in [9.17, 15) is 9.90 Å². The summed E-state index contributed by atoms with van der Waals surface area (Å²) in [6.07, 6.45) is -1.26. The van der Waals surface area contributed by atoms with Crippen LogP contribution in [0.5, 0.6) is 5.75 Å². The molecule has 124 valence electrons. The molecule has 0 saturated carbocycles. The lowest BCUT2D eigenvalue weighted by molar-refractivity contribution is -0.131. The number of thiazole rings is 1. The SMILES string of the molecule is COc1cccc(C(O)C(=O)NC(C)(C)c2nc(C)c(C)s2)c1. The van der Waals surface area contributed by atoms with Gasteiger partial charge in [-0.05, 0) is 45.4 Å². The molecule has 2 rings (SSSR count). The maximum absolute atomic E-state index is 12.4. The average molecular weight is 334 g/mol. The van der Waals surface area contributed by atoms with Crippen LogP contribution in [-0.4, -0.2) is 23.1 Å². The van der Waals surface area contributed by atoms with Gasteiger partial charge >= 0.3 is 0 Å². The van der Waals surface area contributed by atoms with Crippen LogP contribution in [-0.2, 0) is 10.3 Å². The zero-order valence-corrected chi connectivity index (χ0v) is 14.8. The van der Waals surface area contributed by atoms with Crippen molar-refractivity contribution in [1.29, 1.82) is 0 Å². The van der Waals surface area contributed by atoms with E-state index in [2.05, 4.69) is 10.3 Å². The number of nitrogens with zero attached hydrogens (tertiary/aromatic N) is 1. The van der Waals surface area contributed by atoms with Gasteiger partial charge in [0.2, 0.25) is 0 Å². The molecule has 6 heteroatoms. The number of aryl methyl sites for hydroxylation is 2. The second kappa shape index (κ2) is 6.68. The van der Waals surface area contributed by atoms with Crippen molar-refractivity contribution < 1.29 is 14.6 Å². The second-order valence-electron chi connectivity index (χ2n) is 5.95. The highest BCUT2D eigenvalue weighted by molar-refractivity contribution is 7.11. The molecule has 1 amide bonds. The third-order valence-corrected chi connectivity index (χ3v) is 5.05. The van der Waals surface area contributed by atoms with Gasteiger partial charge in [-0.1, -0.05) is 12.1 Å². The van der Waals surface area contributed by atoms with Crippen molar-refractivity contribution in [2.45, 2.75) is 39.3 Å². The lowest BCUT2D eigenvalue weighted by Gasteiger charge is -2.25. The van der Waals surface area contributed by atoms with Crippen LogP contribution in [0.2, 0.25) is 0 Å². The third kappa shape index (κ3) is 3.89. The summed E-state index contributed by atoms with van der Waals surface area (Å²) < 4.78 is 5.12. The van der Waals surface area contributed by atoms with Crippen LogP contribution in [0.25, 0.3) is 0 Å². The molecule has 2 aromatic rings. The number of hydrogen-bond acceptors (Lipinski definition) is 5. The Morgan fingerprint density at radius 2 is 2.09 bits per heavy atom. The van der Waals surface area contributed by atoms with Gasteiger partial charge in [-0.3, -0.25) is 4.79 Å². The first-order chi connectivity index (χ1) is 10.7. The first kappa shape index (κ1) is 17.4. The van der Waals surface area contributed by atoms with E-state index in [0.29, 0.717) is 11.3 Å². The Morgan fingerprint density at radius 1 is 1.39 bits per heavy atom. The summed E-state index contributed by atoms with van der Waals surface area (Å²) >= 11 is 1.55. The van der Waals surface area contributed by atoms with Gasteiger partial charge in [0.15, 0.2) is 6.10 Å². The standard InChI is InChI=1S/C17H22N2O3S/c1-10-11(2)23-16(18-10)17(3,4)19-15(21)14(20)12-7-6-8-13(9-12)22-5/h6-9,14,20H,1-5H3,(H,19,21). The van der Waals surface area contributed by atoms with Gasteiger partial charge < -0.3 is 15.2 Å². The van der Waals surface area contributed by atoms with E-state index in [1.54, 1.807) is 42.7 Å². The summed E-state index contributed by atoms with van der Waals surface area (Å²) in [6, 6.07) is 6.84. The van der Waals surface area contributed by atoms with E-state index in [-0.39, 0.29) is 0 Å². The molecule has 2 N–H and O–H groups in total. The van der Waals surface area contributed by atoms with Gasteiger partial charge in [0.05, 0.1) is 18.3 Å². The van der Waals surface area contributed by atoms with Crippen LogP contribution in [0.3, 0.4) is 0 Å². The highest BCUT2D eigenvalue weighted by Gasteiger charge is 2.30. The first-order valence-corrected chi connectivity index (χ1v) is 8.15. The number of carbonyl (C=O) groups is 1. The molecule has 0 saturated heterocycles. The quantitative estimate of drug-likeness (QED) is 0.882. The minimum Gasteiger partial charge on any atom is -0.497 e. The Balaban J connectivity index is 2.16. The average Bonchev–Trinajstić information content (AvgIpc) is 2.86. The summed E-state index contributed by atoms with van der Waals surface area (Å²) in [5, 5.41) is 14.0. The number of nitrogens with one attached hydrogen (secondary N) is 1. The fourth-order valence-electron chi connectivity index (χ4n) is 2.13. The minimum atomic E-state index is -1.26. The molecule has 1 aromatic heterocycles. The van der Waals surface area contributed by atoms with Gasteiger partial charge in [-0.25, -0.2) is 4.98 Å². The smallest absolute Gasteiger partial charge is 0.254 e. The summed E-state index contributed by atoms with van der Waals surface area (Å²) in [6.45, 7) is 7.69. The molecule has 0 bridgehead atoms. The van der Waals surface area contributed by atoms with Gasteiger partial charge in [-0.15, -0.1) is 11.3 Å². The molecule has 0 aliphatic rings. The predicted octanol–water partition coefficient (Wildman–Crippen LogP) is 2.85. The molecule has 0 aliphatic carbocycles. The topological polar surface area (TPSA) is 71.5 Å². The molecule has 1 aromatic carbocycles. The summed E-state index contributed by atoms with van der Waals surface area (Å²) in [5.41, 5.74) is 0.797. The number of benzene rings is 1. The van der Waals surface area contributed by atoms with Gasteiger partial charge in [0, 0.05) is 4.88 Å². The summed E-state index contributed by atoms with van der Waals surface area (Å²) in [7, 11) is 1.54. The van der Waals surface area contributed by atoms with Crippen molar-refractivity contribution in [2.75, 3.05) is 7.11 Å². The number of carbonyl (C=O) groups excluding carboxylic acids is 1. The maximum atomic E-state index is 12.4. The highest BCUT2D eigenvalue weighted by Crippen LogP contribution is 2.28. The molecule has 1 heterocycles. The number of aliphatic hydroxyl groups is 1. The zero-order chi connectivity index (χ0) is 17.2. The monoisotopic (exact) mass is 334 g/mol. The maximum Gasteiger partial charge on any atom is 0.254 e. The first-order valence-electron chi connectivity index (χ1n) is 7.33. The van der Waals surface area contributed by atoms with Gasteiger partial charge in [0.1, 0.15) is 10.8 Å². The molecule has 5 nitrogen and oxygen atoms in total. The Kier molecular flexibility index (Phi) is 5.06. The number of hydrogen-bond donors (Lipinski definition) is 2. The van der Waals surface area contributed by atoms with Crippen LogP contribution in [0.15, 0.2) is 24.3 Å². The summed E-state index contributed by atoms with van der Waals surface area (Å²) in [4.78, 5) is 18.0. The molecular weight excluding hydrogens is 312 g/mol. The number of rotatable bonds is 5. The lowest BCUT2D eigenvalue weighted by Crippen LogP contribution is -2.43. The number of amides is 1. The summed E-state index contributed by atoms with van der Waals surface area (Å²) in [5.74, 6) is 0.133. The predicted molar refractivity (Wildman–Crippen MR) is 90.7 cm³/mol. The van der Waals surface area contributed by atoms with Gasteiger partial charge in [-0.2, -0.15) is 0 Å². The van der Waals surface area contributed by atoms with Crippen molar-refractivity contribution in [2.24, 2.45) is 0 Å². The number of methoxy groups -OCH3 is 1. The van der Waals surface area contributed by atoms with Crippen molar-refractivity contribution in [3.63, 3.8) is 0 Å².